The Kier molecular flexibility index (Phi) is 4.65. The molecule has 9 heteroatoms. The SMILES string of the molecule is CCOC(=O)c1c(C(F)F)cc(Br)nc1[N+](=O)[O-]. The van der Waals surface area contributed by atoms with Crippen LogP contribution in [0.1, 0.15) is 29.3 Å². The summed E-state index contributed by atoms with van der Waals surface area (Å²) in [6, 6.07) is 0.851. The number of pyridine rings is 1. The molecule has 1 rings (SSSR count). The van der Waals surface area contributed by atoms with Crippen LogP contribution in [0.2, 0.25) is 0 Å². The van der Waals surface area contributed by atoms with Gasteiger partial charge in [-0.15, -0.1) is 0 Å². The first-order valence-corrected chi connectivity index (χ1v) is 5.47. The Bertz CT molecular complexity index is 496. The summed E-state index contributed by atoms with van der Waals surface area (Å²) in [6.07, 6.45) is -3.05. The van der Waals surface area contributed by atoms with Gasteiger partial charge in [0.05, 0.1) is 6.61 Å². The number of aromatic nitrogens is 1. The highest BCUT2D eigenvalue weighted by Gasteiger charge is 2.32. The van der Waals surface area contributed by atoms with Gasteiger partial charge < -0.3 is 14.9 Å². The highest BCUT2D eigenvalue weighted by atomic mass is 79.9. The number of nitrogens with zero attached hydrogens (tertiary/aromatic N) is 2. The number of hydrogen-bond donors (Lipinski definition) is 0. The van der Waals surface area contributed by atoms with Crippen molar-refractivity contribution in [2.45, 2.75) is 13.3 Å². The standard InChI is InChI=1S/C9H7BrF2N2O4/c1-2-18-9(15)6-4(7(11)12)3-5(10)13-8(6)14(16)17/h3,7H,2H2,1H3. The molecule has 6 nitrogen and oxygen atoms in total. The van der Waals surface area contributed by atoms with E-state index in [9.17, 15) is 23.7 Å². The van der Waals surface area contributed by atoms with Gasteiger partial charge in [-0.1, -0.05) is 0 Å². The molecule has 18 heavy (non-hydrogen) atoms. The maximum absolute atomic E-state index is 12.8. The number of carbonyl (C=O) groups is 1. The first-order chi connectivity index (χ1) is 8.38. The van der Waals surface area contributed by atoms with Crippen molar-refractivity contribution in [2.24, 2.45) is 0 Å². The van der Waals surface area contributed by atoms with Gasteiger partial charge in [-0.05, 0) is 16.8 Å². The Hall–Kier alpha value is -1.64. The summed E-state index contributed by atoms with van der Waals surface area (Å²) in [5.41, 5.74) is -1.61. The molecule has 1 aromatic heterocycles. The molecule has 0 spiro atoms. The number of carbonyl (C=O) groups excluding carboxylic acids is 1. The molecule has 0 aromatic carbocycles. The highest BCUT2D eigenvalue weighted by molar-refractivity contribution is 9.10. The molecular formula is C9H7BrF2N2O4. The summed E-state index contributed by atoms with van der Waals surface area (Å²) in [7, 11) is 0. The largest absolute Gasteiger partial charge is 0.462 e. The zero-order valence-corrected chi connectivity index (χ0v) is 10.6. The predicted molar refractivity (Wildman–Crippen MR) is 59.5 cm³/mol. The number of ether oxygens (including phenoxy) is 1. The van der Waals surface area contributed by atoms with Crippen LogP contribution in [0.25, 0.3) is 0 Å². The van der Waals surface area contributed by atoms with E-state index in [1.165, 1.54) is 6.92 Å². The lowest BCUT2D eigenvalue weighted by molar-refractivity contribution is -0.390. The van der Waals surface area contributed by atoms with Crippen molar-refractivity contribution >= 4 is 27.7 Å². The molecule has 0 radical (unpaired) electrons. The van der Waals surface area contributed by atoms with Gasteiger partial charge >= 0.3 is 11.8 Å². The molecule has 0 aliphatic carbocycles. The summed E-state index contributed by atoms with van der Waals surface area (Å²) >= 11 is 2.77. The molecule has 0 aliphatic heterocycles. The van der Waals surface area contributed by atoms with Crippen molar-refractivity contribution in [2.75, 3.05) is 6.61 Å². The monoisotopic (exact) mass is 324 g/mol. The Labute approximate surface area is 108 Å². The summed E-state index contributed by atoms with van der Waals surface area (Å²) in [5.74, 6) is -2.15. The minimum atomic E-state index is -3.05. The predicted octanol–water partition coefficient (Wildman–Crippen LogP) is 2.87. The van der Waals surface area contributed by atoms with Gasteiger partial charge in [0, 0.05) is 27.6 Å². The fourth-order valence-corrected chi connectivity index (χ4v) is 1.65. The zero-order chi connectivity index (χ0) is 13.9. The molecule has 0 aliphatic rings. The molecule has 1 aromatic rings. The molecule has 0 amide bonds. The van der Waals surface area contributed by atoms with Crippen LogP contribution in [0.5, 0.6) is 0 Å². The van der Waals surface area contributed by atoms with Crippen LogP contribution in [-0.4, -0.2) is 22.5 Å². The van der Waals surface area contributed by atoms with E-state index in [4.69, 9.17) is 0 Å². The van der Waals surface area contributed by atoms with Crippen LogP contribution in [0, 0.1) is 10.1 Å². The number of halogens is 3. The van der Waals surface area contributed by atoms with Crippen LogP contribution in [0.15, 0.2) is 10.7 Å². The molecule has 0 saturated heterocycles. The second-order valence-electron chi connectivity index (χ2n) is 3.01. The van der Waals surface area contributed by atoms with Crippen molar-refractivity contribution in [3.05, 3.63) is 31.9 Å². The summed E-state index contributed by atoms with van der Waals surface area (Å²) in [6.45, 7) is 1.37. The quantitative estimate of drug-likeness (QED) is 0.368. The smallest absolute Gasteiger partial charge is 0.379 e. The van der Waals surface area contributed by atoms with E-state index in [2.05, 4.69) is 25.7 Å². The van der Waals surface area contributed by atoms with E-state index in [-0.39, 0.29) is 11.2 Å². The highest BCUT2D eigenvalue weighted by Crippen LogP contribution is 2.31. The number of alkyl halides is 2. The number of nitro groups is 1. The summed E-state index contributed by atoms with van der Waals surface area (Å²) in [4.78, 5) is 24.6. The molecule has 0 saturated carbocycles. The zero-order valence-electron chi connectivity index (χ0n) is 9.02. The maximum Gasteiger partial charge on any atom is 0.379 e. The second kappa shape index (κ2) is 5.80. The van der Waals surface area contributed by atoms with Gasteiger partial charge in [-0.2, -0.15) is 0 Å². The molecular weight excluding hydrogens is 318 g/mol. The van der Waals surface area contributed by atoms with Crippen molar-refractivity contribution in [1.29, 1.82) is 0 Å². The van der Waals surface area contributed by atoms with E-state index in [0.717, 1.165) is 6.07 Å². The fraction of sp³-hybridized carbons (Fsp3) is 0.333. The Balaban J connectivity index is 3.50. The Morgan fingerprint density at radius 2 is 2.28 bits per heavy atom. The Morgan fingerprint density at radius 3 is 2.72 bits per heavy atom. The third kappa shape index (κ3) is 2.97. The van der Waals surface area contributed by atoms with Crippen molar-refractivity contribution in [3.8, 4) is 0 Å². The van der Waals surface area contributed by atoms with Crippen LogP contribution < -0.4 is 0 Å². The number of esters is 1. The summed E-state index contributed by atoms with van der Waals surface area (Å²) in [5, 5.41) is 10.7. The van der Waals surface area contributed by atoms with Crippen LogP contribution >= 0.6 is 15.9 Å². The first kappa shape index (κ1) is 14.4. The van der Waals surface area contributed by atoms with Crippen LogP contribution in [0.3, 0.4) is 0 Å². The van der Waals surface area contributed by atoms with E-state index < -0.39 is 34.3 Å². The van der Waals surface area contributed by atoms with Crippen molar-refractivity contribution in [3.63, 3.8) is 0 Å². The topological polar surface area (TPSA) is 82.3 Å². The lowest BCUT2D eigenvalue weighted by Crippen LogP contribution is -2.13. The van der Waals surface area contributed by atoms with Gasteiger partial charge in [0.1, 0.15) is 0 Å². The lowest BCUT2D eigenvalue weighted by atomic mass is 10.1. The second-order valence-corrected chi connectivity index (χ2v) is 3.82. The average molecular weight is 325 g/mol. The van der Waals surface area contributed by atoms with Crippen LogP contribution in [0.4, 0.5) is 14.6 Å². The van der Waals surface area contributed by atoms with E-state index in [1.54, 1.807) is 0 Å². The first-order valence-electron chi connectivity index (χ1n) is 4.68. The maximum atomic E-state index is 12.8. The van der Waals surface area contributed by atoms with E-state index in [1.807, 2.05) is 0 Å². The third-order valence-corrected chi connectivity index (χ3v) is 2.29. The molecule has 0 unspecified atom stereocenters. The van der Waals surface area contributed by atoms with Crippen LogP contribution in [-0.2, 0) is 4.74 Å². The molecule has 98 valence electrons. The van der Waals surface area contributed by atoms with Gasteiger partial charge in [0.15, 0.2) is 5.56 Å². The molecule has 0 N–H and O–H groups in total. The van der Waals surface area contributed by atoms with Crippen molar-refractivity contribution in [1.82, 2.24) is 4.98 Å². The molecule has 0 fully saturated rings. The van der Waals surface area contributed by atoms with E-state index in [0.29, 0.717) is 0 Å². The molecule has 0 atom stereocenters. The average Bonchev–Trinajstić information content (AvgIpc) is 2.27. The number of rotatable bonds is 4. The van der Waals surface area contributed by atoms with Gasteiger partial charge in [0.25, 0.3) is 6.43 Å². The Morgan fingerprint density at radius 1 is 1.67 bits per heavy atom. The molecule has 1 heterocycles. The number of hydrogen-bond acceptors (Lipinski definition) is 5. The van der Waals surface area contributed by atoms with Gasteiger partial charge in [-0.3, -0.25) is 0 Å². The molecule has 0 bridgehead atoms. The van der Waals surface area contributed by atoms with Crippen molar-refractivity contribution < 1.29 is 23.2 Å². The van der Waals surface area contributed by atoms with Gasteiger partial charge in [-0.25, -0.2) is 13.6 Å². The fourth-order valence-electron chi connectivity index (χ4n) is 1.24. The minimum absolute atomic E-state index is 0.0886. The minimum Gasteiger partial charge on any atom is -0.462 e. The van der Waals surface area contributed by atoms with Gasteiger partial charge in [0.2, 0.25) is 4.60 Å². The lowest BCUT2D eigenvalue weighted by Gasteiger charge is -2.08. The third-order valence-electron chi connectivity index (χ3n) is 1.89. The summed E-state index contributed by atoms with van der Waals surface area (Å²) < 4.78 is 29.9. The van der Waals surface area contributed by atoms with E-state index >= 15 is 0 Å². The normalized spacial score (nSPS) is 10.5.